The molecule has 1 aromatic heterocycles. The molecule has 0 aliphatic heterocycles. The standard InChI is InChI=1S/C15H15NO4S/c1-20-15-12(3-2-8-16-15)10-21(19)13-6-4-11(5-7-13)9-14(17)18/h2-8H,9-10H2,1H3,(H,17,18). The molecule has 0 fully saturated rings. The maximum atomic E-state index is 12.3. The number of hydrogen-bond acceptors (Lipinski definition) is 4. The Hall–Kier alpha value is -2.21. The molecule has 1 N–H and O–H groups in total. The molecule has 0 saturated heterocycles. The summed E-state index contributed by atoms with van der Waals surface area (Å²) in [6.07, 6.45) is 1.58. The van der Waals surface area contributed by atoms with Crippen molar-refractivity contribution < 1.29 is 18.8 Å². The predicted octanol–water partition coefficient (Wildman–Crippen LogP) is 2.03. The molecule has 21 heavy (non-hydrogen) atoms. The molecular formula is C15H15NO4S. The summed E-state index contributed by atoms with van der Waals surface area (Å²) in [5.74, 6) is -0.118. The third-order valence-corrected chi connectivity index (χ3v) is 4.24. The quantitative estimate of drug-likeness (QED) is 0.883. The van der Waals surface area contributed by atoms with Crippen LogP contribution in [0.25, 0.3) is 0 Å². The van der Waals surface area contributed by atoms with Crippen molar-refractivity contribution in [3.8, 4) is 5.88 Å². The first-order chi connectivity index (χ1) is 10.1. The average Bonchev–Trinajstić information content (AvgIpc) is 2.48. The van der Waals surface area contributed by atoms with E-state index in [1.54, 1.807) is 36.5 Å². The number of nitrogens with zero attached hydrogens (tertiary/aromatic N) is 1. The van der Waals surface area contributed by atoms with E-state index >= 15 is 0 Å². The monoisotopic (exact) mass is 305 g/mol. The Morgan fingerprint density at radius 2 is 2.00 bits per heavy atom. The number of aliphatic carboxylic acids is 1. The molecule has 1 aromatic carbocycles. The van der Waals surface area contributed by atoms with Crippen LogP contribution in [-0.4, -0.2) is 27.4 Å². The van der Waals surface area contributed by atoms with E-state index in [9.17, 15) is 9.00 Å². The van der Waals surface area contributed by atoms with Gasteiger partial charge in [0.25, 0.3) is 0 Å². The van der Waals surface area contributed by atoms with Crippen molar-refractivity contribution in [2.24, 2.45) is 0 Å². The van der Waals surface area contributed by atoms with Gasteiger partial charge in [0, 0.05) is 16.7 Å². The molecule has 0 bridgehead atoms. The molecule has 2 rings (SSSR count). The molecule has 0 radical (unpaired) electrons. The van der Waals surface area contributed by atoms with Crippen LogP contribution < -0.4 is 4.74 Å². The molecule has 6 heteroatoms. The lowest BCUT2D eigenvalue weighted by molar-refractivity contribution is -0.136. The Balaban J connectivity index is 2.11. The fraction of sp³-hybridized carbons (Fsp3) is 0.200. The topological polar surface area (TPSA) is 76.5 Å². The summed E-state index contributed by atoms with van der Waals surface area (Å²) in [6, 6.07) is 10.3. The highest BCUT2D eigenvalue weighted by Crippen LogP contribution is 2.19. The van der Waals surface area contributed by atoms with Crippen LogP contribution in [0.3, 0.4) is 0 Å². The van der Waals surface area contributed by atoms with Crippen LogP contribution in [0.4, 0.5) is 0 Å². The van der Waals surface area contributed by atoms with Crippen molar-refractivity contribution in [2.45, 2.75) is 17.1 Å². The molecule has 1 heterocycles. The number of pyridine rings is 1. The minimum absolute atomic E-state index is 0.0384. The number of carboxylic acids is 1. The van der Waals surface area contributed by atoms with Gasteiger partial charge in [-0.15, -0.1) is 0 Å². The van der Waals surface area contributed by atoms with Gasteiger partial charge in [-0.3, -0.25) is 9.00 Å². The molecule has 5 nitrogen and oxygen atoms in total. The Morgan fingerprint density at radius 1 is 1.29 bits per heavy atom. The van der Waals surface area contributed by atoms with Gasteiger partial charge in [-0.1, -0.05) is 18.2 Å². The Morgan fingerprint density at radius 3 is 2.62 bits per heavy atom. The fourth-order valence-electron chi connectivity index (χ4n) is 1.88. The average molecular weight is 305 g/mol. The van der Waals surface area contributed by atoms with Crippen LogP contribution in [0.1, 0.15) is 11.1 Å². The summed E-state index contributed by atoms with van der Waals surface area (Å²) < 4.78 is 17.5. The van der Waals surface area contributed by atoms with Crippen LogP contribution in [0.2, 0.25) is 0 Å². The lowest BCUT2D eigenvalue weighted by Crippen LogP contribution is -2.02. The number of aromatic nitrogens is 1. The molecule has 1 unspecified atom stereocenters. The minimum atomic E-state index is -1.23. The summed E-state index contributed by atoms with van der Waals surface area (Å²) in [7, 11) is 0.289. The van der Waals surface area contributed by atoms with E-state index < -0.39 is 16.8 Å². The number of benzene rings is 1. The summed E-state index contributed by atoms with van der Waals surface area (Å²) >= 11 is 0. The molecule has 1 atom stereocenters. The van der Waals surface area contributed by atoms with Gasteiger partial charge in [-0.05, 0) is 23.8 Å². The van der Waals surface area contributed by atoms with E-state index in [2.05, 4.69) is 4.98 Å². The highest BCUT2D eigenvalue weighted by atomic mass is 32.2. The molecule has 2 aromatic rings. The normalized spacial score (nSPS) is 11.9. The smallest absolute Gasteiger partial charge is 0.307 e. The number of hydrogen-bond donors (Lipinski definition) is 1. The zero-order valence-corrected chi connectivity index (χ0v) is 12.3. The summed E-state index contributed by atoms with van der Waals surface area (Å²) in [6.45, 7) is 0. The fourth-order valence-corrected chi connectivity index (χ4v) is 2.98. The molecule has 0 spiro atoms. The number of methoxy groups -OCH3 is 1. The number of carbonyl (C=O) groups is 1. The first-order valence-electron chi connectivity index (χ1n) is 6.27. The van der Waals surface area contributed by atoms with Crippen molar-refractivity contribution in [2.75, 3.05) is 7.11 Å². The Bertz CT molecular complexity index is 655. The maximum absolute atomic E-state index is 12.3. The van der Waals surface area contributed by atoms with E-state index in [0.717, 1.165) is 5.56 Å². The van der Waals surface area contributed by atoms with Crippen LogP contribution in [-0.2, 0) is 27.8 Å². The first-order valence-corrected chi connectivity index (χ1v) is 7.59. The third kappa shape index (κ3) is 4.13. The van der Waals surface area contributed by atoms with Gasteiger partial charge in [0.1, 0.15) is 0 Å². The number of rotatable bonds is 6. The van der Waals surface area contributed by atoms with Gasteiger partial charge < -0.3 is 9.84 Å². The molecule has 110 valence electrons. The van der Waals surface area contributed by atoms with E-state index in [1.165, 1.54) is 7.11 Å². The van der Waals surface area contributed by atoms with Gasteiger partial charge in [0.15, 0.2) is 0 Å². The van der Waals surface area contributed by atoms with Crippen LogP contribution in [0.5, 0.6) is 5.88 Å². The van der Waals surface area contributed by atoms with E-state index in [1.807, 2.05) is 6.07 Å². The number of ether oxygens (including phenoxy) is 1. The zero-order chi connectivity index (χ0) is 15.2. The highest BCUT2D eigenvalue weighted by Gasteiger charge is 2.10. The van der Waals surface area contributed by atoms with E-state index in [4.69, 9.17) is 9.84 Å². The number of carboxylic acid groups (broad SMARTS) is 1. The second-order valence-electron chi connectivity index (χ2n) is 4.38. The molecule has 0 saturated carbocycles. The van der Waals surface area contributed by atoms with Crippen molar-refractivity contribution in [1.29, 1.82) is 0 Å². The minimum Gasteiger partial charge on any atom is -0.481 e. The summed E-state index contributed by atoms with van der Waals surface area (Å²) in [4.78, 5) is 15.3. The van der Waals surface area contributed by atoms with Gasteiger partial charge in [-0.25, -0.2) is 4.98 Å². The van der Waals surface area contributed by atoms with Gasteiger partial charge in [0.2, 0.25) is 5.88 Å². The van der Waals surface area contributed by atoms with Crippen LogP contribution in [0, 0.1) is 0 Å². The predicted molar refractivity (Wildman–Crippen MR) is 78.7 cm³/mol. The Kier molecular flexibility index (Phi) is 5.05. The molecule has 0 aliphatic rings. The summed E-state index contributed by atoms with van der Waals surface area (Å²) in [5.41, 5.74) is 1.45. The lowest BCUT2D eigenvalue weighted by atomic mass is 10.2. The second-order valence-corrected chi connectivity index (χ2v) is 5.83. The van der Waals surface area contributed by atoms with Crippen LogP contribution >= 0.6 is 0 Å². The van der Waals surface area contributed by atoms with Gasteiger partial charge >= 0.3 is 5.97 Å². The third-order valence-electron chi connectivity index (χ3n) is 2.87. The van der Waals surface area contributed by atoms with Crippen LogP contribution in [0.15, 0.2) is 47.5 Å². The molecular weight excluding hydrogens is 290 g/mol. The van der Waals surface area contributed by atoms with Crippen molar-refractivity contribution in [3.05, 3.63) is 53.7 Å². The zero-order valence-electron chi connectivity index (χ0n) is 11.5. The molecule has 0 amide bonds. The van der Waals surface area contributed by atoms with Crippen molar-refractivity contribution in [1.82, 2.24) is 4.98 Å². The van der Waals surface area contributed by atoms with E-state index in [-0.39, 0.29) is 6.42 Å². The lowest BCUT2D eigenvalue weighted by Gasteiger charge is -2.07. The largest absolute Gasteiger partial charge is 0.481 e. The van der Waals surface area contributed by atoms with Gasteiger partial charge in [0.05, 0.1) is 30.1 Å². The van der Waals surface area contributed by atoms with Crippen molar-refractivity contribution in [3.63, 3.8) is 0 Å². The first kappa shape index (κ1) is 15.2. The summed E-state index contributed by atoms with van der Waals surface area (Å²) in [5, 5.41) is 8.72. The van der Waals surface area contributed by atoms with Crippen molar-refractivity contribution >= 4 is 16.8 Å². The van der Waals surface area contributed by atoms with E-state index in [0.29, 0.717) is 22.1 Å². The Labute approximate surface area is 125 Å². The van der Waals surface area contributed by atoms with Gasteiger partial charge in [-0.2, -0.15) is 0 Å². The second kappa shape index (κ2) is 6.99. The SMILES string of the molecule is COc1ncccc1CS(=O)c1ccc(CC(=O)O)cc1. The highest BCUT2D eigenvalue weighted by molar-refractivity contribution is 7.84. The molecule has 0 aliphatic carbocycles. The maximum Gasteiger partial charge on any atom is 0.307 e.